The van der Waals surface area contributed by atoms with E-state index in [0.717, 1.165) is 5.56 Å². The molecular formula is C24H22N2O6. The van der Waals surface area contributed by atoms with Crippen LogP contribution in [0.3, 0.4) is 0 Å². The van der Waals surface area contributed by atoms with Crippen molar-refractivity contribution in [2.45, 2.75) is 19.9 Å². The van der Waals surface area contributed by atoms with E-state index in [1.165, 1.54) is 19.1 Å². The number of carbonyl (C=O) groups is 2. The Kier molecular flexibility index (Phi) is 5.44. The van der Waals surface area contributed by atoms with E-state index in [-0.39, 0.29) is 17.2 Å². The lowest BCUT2D eigenvalue weighted by Crippen LogP contribution is -2.29. The van der Waals surface area contributed by atoms with E-state index in [4.69, 9.17) is 14.0 Å². The molecule has 8 heteroatoms. The van der Waals surface area contributed by atoms with Gasteiger partial charge in [-0.15, -0.1) is 0 Å². The van der Waals surface area contributed by atoms with Gasteiger partial charge < -0.3 is 19.1 Å². The number of rotatable bonds is 5. The first-order valence-electron chi connectivity index (χ1n) is 9.89. The van der Waals surface area contributed by atoms with Gasteiger partial charge >= 0.3 is 5.91 Å². The summed E-state index contributed by atoms with van der Waals surface area (Å²) in [6, 6.07) is 12.8. The Hall–Kier alpha value is -4.07. The molecule has 1 saturated heterocycles. The van der Waals surface area contributed by atoms with E-state index in [2.05, 4.69) is 5.16 Å². The molecule has 0 unspecified atom stereocenters. The molecule has 32 heavy (non-hydrogen) atoms. The molecule has 1 aliphatic rings. The van der Waals surface area contributed by atoms with Gasteiger partial charge in [0.25, 0.3) is 5.78 Å². The third-order valence-electron chi connectivity index (χ3n) is 5.36. The number of hydrogen-bond acceptors (Lipinski definition) is 7. The number of Topliss-reactive ketones (excluding diaryl/α,β-unsaturated/α-hetero) is 1. The van der Waals surface area contributed by atoms with E-state index in [0.29, 0.717) is 28.4 Å². The molecule has 0 bridgehead atoms. The number of aliphatic hydroxyl groups excluding tert-OH is 1. The van der Waals surface area contributed by atoms with Crippen LogP contribution in [0.1, 0.15) is 28.5 Å². The van der Waals surface area contributed by atoms with Crippen LogP contribution in [0.4, 0.5) is 5.82 Å². The summed E-state index contributed by atoms with van der Waals surface area (Å²) in [7, 11) is 2.97. The number of aliphatic hydroxyl groups is 1. The Labute approximate surface area is 184 Å². The average Bonchev–Trinajstić information content (AvgIpc) is 3.34. The number of methoxy groups -OCH3 is 2. The van der Waals surface area contributed by atoms with Crippen LogP contribution in [0, 0.1) is 13.8 Å². The molecule has 1 fully saturated rings. The molecule has 4 rings (SSSR count). The van der Waals surface area contributed by atoms with Crippen LogP contribution in [0.25, 0.3) is 5.76 Å². The molecule has 2 heterocycles. The minimum absolute atomic E-state index is 0.0493. The van der Waals surface area contributed by atoms with Crippen molar-refractivity contribution in [3.63, 3.8) is 0 Å². The number of benzene rings is 2. The predicted octanol–water partition coefficient (Wildman–Crippen LogP) is 3.93. The zero-order valence-electron chi connectivity index (χ0n) is 18.1. The van der Waals surface area contributed by atoms with Crippen LogP contribution in [-0.4, -0.2) is 36.2 Å². The Morgan fingerprint density at radius 1 is 1.00 bits per heavy atom. The fourth-order valence-corrected chi connectivity index (χ4v) is 3.74. The molecule has 0 aliphatic carbocycles. The van der Waals surface area contributed by atoms with Crippen LogP contribution in [0.15, 0.2) is 58.6 Å². The average molecular weight is 434 g/mol. The first-order valence-corrected chi connectivity index (χ1v) is 9.89. The molecule has 3 aromatic rings. The zero-order chi connectivity index (χ0) is 23.0. The number of aromatic nitrogens is 1. The second-order valence-corrected chi connectivity index (χ2v) is 7.45. The van der Waals surface area contributed by atoms with Crippen molar-refractivity contribution in [2.24, 2.45) is 0 Å². The fourth-order valence-electron chi connectivity index (χ4n) is 3.74. The topological polar surface area (TPSA) is 102 Å². The van der Waals surface area contributed by atoms with Gasteiger partial charge in [-0.3, -0.25) is 14.5 Å². The van der Waals surface area contributed by atoms with E-state index in [1.54, 1.807) is 31.2 Å². The SMILES string of the molecule is COc1ccc(C(O)=C2C(=O)C(=O)N(c3cc(C)on3)[C@@H]2c2ccc(C)cc2)cc1OC. The largest absolute Gasteiger partial charge is 0.507 e. The third-order valence-corrected chi connectivity index (χ3v) is 5.36. The molecule has 2 aromatic carbocycles. The van der Waals surface area contributed by atoms with Crippen LogP contribution in [0.5, 0.6) is 11.5 Å². The minimum atomic E-state index is -0.881. The second-order valence-electron chi connectivity index (χ2n) is 7.45. The highest BCUT2D eigenvalue weighted by molar-refractivity contribution is 6.51. The van der Waals surface area contributed by atoms with Crippen molar-refractivity contribution < 1.29 is 28.7 Å². The smallest absolute Gasteiger partial charge is 0.301 e. The van der Waals surface area contributed by atoms with E-state index in [1.807, 2.05) is 31.2 Å². The molecule has 0 radical (unpaired) electrons. The first kappa shape index (κ1) is 21.2. The molecule has 1 aromatic heterocycles. The lowest BCUT2D eigenvalue weighted by Gasteiger charge is -2.23. The predicted molar refractivity (Wildman–Crippen MR) is 117 cm³/mol. The molecule has 164 valence electrons. The maximum absolute atomic E-state index is 13.1. The number of ketones is 1. The maximum Gasteiger partial charge on any atom is 0.301 e. The molecule has 1 N–H and O–H groups in total. The summed E-state index contributed by atoms with van der Waals surface area (Å²) in [5, 5.41) is 15.1. The molecule has 1 amide bonds. The van der Waals surface area contributed by atoms with E-state index >= 15 is 0 Å². The summed E-state index contributed by atoms with van der Waals surface area (Å²) < 4.78 is 15.7. The Morgan fingerprint density at radius 2 is 1.69 bits per heavy atom. The number of anilines is 1. The highest BCUT2D eigenvalue weighted by atomic mass is 16.5. The quantitative estimate of drug-likeness (QED) is 0.369. The molecule has 0 spiro atoms. The standard InChI is InChI=1S/C24H22N2O6/c1-13-5-7-15(8-6-13)21-20(22(27)16-9-10-17(30-3)18(12-16)31-4)23(28)24(29)26(21)19-11-14(2)32-25-19/h5-12,21,27H,1-4H3/t21-/m1/s1. The number of ether oxygens (including phenoxy) is 2. The lowest BCUT2D eigenvalue weighted by atomic mass is 9.94. The van der Waals surface area contributed by atoms with Crippen LogP contribution >= 0.6 is 0 Å². The van der Waals surface area contributed by atoms with Gasteiger partial charge in [-0.05, 0) is 37.6 Å². The Bertz CT molecular complexity index is 1230. The van der Waals surface area contributed by atoms with Gasteiger partial charge in [0.1, 0.15) is 11.5 Å². The zero-order valence-corrected chi connectivity index (χ0v) is 18.1. The van der Waals surface area contributed by atoms with E-state index < -0.39 is 17.7 Å². The fraction of sp³-hybridized carbons (Fsp3) is 0.208. The van der Waals surface area contributed by atoms with Gasteiger partial charge in [-0.1, -0.05) is 35.0 Å². The number of amides is 1. The van der Waals surface area contributed by atoms with Crippen LogP contribution < -0.4 is 14.4 Å². The van der Waals surface area contributed by atoms with Gasteiger partial charge in [-0.25, -0.2) is 0 Å². The van der Waals surface area contributed by atoms with Crippen molar-refractivity contribution in [1.82, 2.24) is 5.16 Å². The Balaban J connectivity index is 1.93. The van der Waals surface area contributed by atoms with E-state index in [9.17, 15) is 14.7 Å². The van der Waals surface area contributed by atoms with Gasteiger partial charge in [0.2, 0.25) is 0 Å². The van der Waals surface area contributed by atoms with Crippen LogP contribution in [-0.2, 0) is 9.59 Å². The monoisotopic (exact) mass is 434 g/mol. The molecular weight excluding hydrogens is 412 g/mol. The Morgan fingerprint density at radius 3 is 2.28 bits per heavy atom. The third kappa shape index (κ3) is 3.49. The first-order chi connectivity index (χ1) is 15.3. The summed E-state index contributed by atoms with van der Waals surface area (Å²) in [5.74, 6) is -0.402. The van der Waals surface area contributed by atoms with Gasteiger partial charge in [-0.2, -0.15) is 0 Å². The van der Waals surface area contributed by atoms with Crippen molar-refractivity contribution in [3.8, 4) is 11.5 Å². The summed E-state index contributed by atoms with van der Waals surface area (Å²) in [6.07, 6.45) is 0. The molecule has 8 nitrogen and oxygen atoms in total. The van der Waals surface area contributed by atoms with Crippen molar-refractivity contribution in [1.29, 1.82) is 0 Å². The molecule has 1 aliphatic heterocycles. The molecule has 0 saturated carbocycles. The summed E-state index contributed by atoms with van der Waals surface area (Å²) in [5.41, 5.74) is 1.93. The lowest BCUT2D eigenvalue weighted by molar-refractivity contribution is -0.132. The summed E-state index contributed by atoms with van der Waals surface area (Å²) in [6.45, 7) is 3.63. The highest BCUT2D eigenvalue weighted by Crippen LogP contribution is 2.42. The minimum Gasteiger partial charge on any atom is -0.507 e. The number of aryl methyl sites for hydroxylation is 2. The second kappa shape index (κ2) is 8.22. The number of carbonyl (C=O) groups excluding carboxylic acids is 2. The maximum atomic E-state index is 13.1. The van der Waals surface area contributed by atoms with Gasteiger partial charge in [0.15, 0.2) is 17.3 Å². The highest BCUT2D eigenvalue weighted by Gasteiger charge is 2.48. The number of hydrogen-bond donors (Lipinski definition) is 1. The summed E-state index contributed by atoms with van der Waals surface area (Å²) in [4.78, 5) is 27.4. The van der Waals surface area contributed by atoms with Gasteiger partial charge in [0, 0.05) is 11.6 Å². The van der Waals surface area contributed by atoms with Gasteiger partial charge in [0.05, 0.1) is 25.8 Å². The normalized spacial score (nSPS) is 17.6. The number of nitrogens with zero attached hydrogens (tertiary/aromatic N) is 2. The van der Waals surface area contributed by atoms with Crippen molar-refractivity contribution in [2.75, 3.05) is 19.1 Å². The van der Waals surface area contributed by atoms with Crippen molar-refractivity contribution >= 4 is 23.3 Å². The summed E-state index contributed by atoms with van der Waals surface area (Å²) >= 11 is 0. The van der Waals surface area contributed by atoms with Crippen LogP contribution in [0.2, 0.25) is 0 Å². The molecule has 1 atom stereocenters. The van der Waals surface area contributed by atoms with Crippen molar-refractivity contribution in [3.05, 3.63) is 76.6 Å².